The summed E-state index contributed by atoms with van der Waals surface area (Å²) in [6.07, 6.45) is 9.22. The van der Waals surface area contributed by atoms with E-state index in [-0.39, 0.29) is 5.92 Å². The number of hydrogen-bond acceptors (Lipinski definition) is 4. The zero-order valence-corrected chi connectivity index (χ0v) is 17.8. The largest absolute Gasteiger partial charge is 0.456 e. The lowest BCUT2D eigenvalue weighted by Gasteiger charge is -2.14. The van der Waals surface area contributed by atoms with E-state index < -0.39 is 0 Å². The van der Waals surface area contributed by atoms with Crippen LogP contribution in [0.3, 0.4) is 0 Å². The Morgan fingerprint density at radius 3 is 2.31 bits per heavy atom. The smallest absolute Gasteiger partial charge is 0.163 e. The summed E-state index contributed by atoms with van der Waals surface area (Å²) >= 11 is 6.09. The molecule has 0 N–H and O–H groups in total. The van der Waals surface area contributed by atoms with Crippen molar-refractivity contribution in [1.82, 2.24) is 15.0 Å². The van der Waals surface area contributed by atoms with Crippen LogP contribution in [0.2, 0.25) is 5.02 Å². The first-order valence-corrected chi connectivity index (χ1v) is 10.9. The van der Waals surface area contributed by atoms with Gasteiger partial charge in [0.25, 0.3) is 0 Å². The molecule has 0 saturated heterocycles. The van der Waals surface area contributed by atoms with Crippen LogP contribution in [0.5, 0.6) is 0 Å². The van der Waals surface area contributed by atoms with Gasteiger partial charge in [-0.25, -0.2) is 15.0 Å². The van der Waals surface area contributed by atoms with Crippen molar-refractivity contribution >= 4 is 33.5 Å². The third-order valence-electron chi connectivity index (χ3n) is 5.70. The number of halogens is 1. The maximum absolute atomic E-state index is 6.09. The Kier molecular flexibility index (Phi) is 4.58. The highest BCUT2D eigenvalue weighted by atomic mass is 35.5. The first-order valence-electron chi connectivity index (χ1n) is 10.5. The summed E-state index contributed by atoms with van der Waals surface area (Å²) in [5.74, 6) is 2.13. The molecule has 0 radical (unpaired) electrons. The zero-order valence-electron chi connectivity index (χ0n) is 17.1. The average Bonchev–Trinajstić information content (AvgIpc) is 3.23. The molecule has 32 heavy (non-hydrogen) atoms. The monoisotopic (exact) mass is 435 g/mol. The van der Waals surface area contributed by atoms with Gasteiger partial charge in [-0.05, 0) is 48.9 Å². The topological polar surface area (TPSA) is 51.8 Å². The van der Waals surface area contributed by atoms with Crippen molar-refractivity contribution in [3.8, 4) is 22.8 Å². The fraction of sp³-hybridized carbons (Fsp3) is 0.0741. The zero-order chi connectivity index (χ0) is 21.5. The van der Waals surface area contributed by atoms with E-state index in [2.05, 4.69) is 24.3 Å². The average molecular weight is 436 g/mol. The van der Waals surface area contributed by atoms with Crippen LogP contribution < -0.4 is 0 Å². The molecule has 3 aromatic carbocycles. The third kappa shape index (κ3) is 3.39. The summed E-state index contributed by atoms with van der Waals surface area (Å²) in [5, 5.41) is 2.86. The molecule has 1 aliphatic carbocycles. The Hall–Kier alpha value is -3.76. The summed E-state index contributed by atoms with van der Waals surface area (Å²) in [7, 11) is 0. The molecule has 0 spiro atoms. The maximum atomic E-state index is 6.09. The lowest BCUT2D eigenvalue weighted by Crippen LogP contribution is -2.07. The van der Waals surface area contributed by atoms with Crippen LogP contribution in [0.25, 0.3) is 44.7 Å². The molecule has 0 bridgehead atoms. The summed E-state index contributed by atoms with van der Waals surface area (Å²) in [4.78, 5) is 14.5. The number of allylic oxidation sites excluding steroid dienone is 4. The minimum Gasteiger partial charge on any atom is -0.456 e. The summed E-state index contributed by atoms with van der Waals surface area (Å²) in [6, 6.07) is 21.8. The number of hydrogen-bond donors (Lipinski definition) is 0. The molecule has 1 atom stereocenters. The second-order valence-corrected chi connectivity index (χ2v) is 8.25. The highest BCUT2D eigenvalue weighted by Gasteiger charge is 2.18. The quantitative estimate of drug-likeness (QED) is 0.297. The molecule has 1 aliphatic rings. The van der Waals surface area contributed by atoms with E-state index >= 15 is 0 Å². The Balaban J connectivity index is 1.51. The van der Waals surface area contributed by atoms with Crippen LogP contribution in [0.4, 0.5) is 0 Å². The molecule has 2 aromatic heterocycles. The lowest BCUT2D eigenvalue weighted by molar-refractivity contribution is 0.669. The van der Waals surface area contributed by atoms with Gasteiger partial charge in [0.2, 0.25) is 0 Å². The van der Waals surface area contributed by atoms with E-state index in [1.54, 1.807) is 0 Å². The fourth-order valence-electron chi connectivity index (χ4n) is 4.05. The molecule has 1 unspecified atom stereocenters. The molecule has 0 fully saturated rings. The Bertz CT molecular complexity index is 1520. The number of nitrogens with zero attached hydrogens (tertiary/aromatic N) is 3. The lowest BCUT2D eigenvalue weighted by atomic mass is 10.00. The van der Waals surface area contributed by atoms with Crippen LogP contribution in [0.15, 0.2) is 95.5 Å². The molecular weight excluding hydrogens is 418 g/mol. The van der Waals surface area contributed by atoms with Gasteiger partial charge in [-0.2, -0.15) is 0 Å². The number of rotatable bonds is 3. The predicted octanol–water partition coefficient (Wildman–Crippen LogP) is 7.36. The highest BCUT2D eigenvalue weighted by Crippen LogP contribution is 2.32. The first kappa shape index (κ1) is 19.0. The molecule has 0 saturated carbocycles. The molecule has 0 amide bonds. The number of benzene rings is 3. The second-order valence-electron chi connectivity index (χ2n) is 7.81. The summed E-state index contributed by atoms with van der Waals surface area (Å²) < 4.78 is 6.08. The van der Waals surface area contributed by atoms with E-state index in [4.69, 9.17) is 31.0 Å². The highest BCUT2D eigenvalue weighted by molar-refractivity contribution is 6.30. The Morgan fingerprint density at radius 1 is 0.750 bits per heavy atom. The SMILES string of the molecule is Clc1ccc(-c2nc(-c3ccc4c(c3)oc3ccccc34)nc(C3C=CC=CC3)n2)cc1. The molecule has 2 heterocycles. The first-order chi connectivity index (χ1) is 15.7. The minimum atomic E-state index is 0.114. The molecule has 0 aliphatic heterocycles. The fourth-order valence-corrected chi connectivity index (χ4v) is 4.18. The van der Waals surface area contributed by atoms with E-state index in [1.807, 2.05) is 66.7 Å². The number of fused-ring (bicyclic) bond motifs is 3. The molecule has 5 heteroatoms. The standard InChI is InChI=1S/C27H18ClN3O/c28-20-13-10-18(11-14-20)26-29-25(17-6-2-1-3-7-17)30-27(31-26)19-12-15-22-21-8-4-5-9-23(21)32-24(22)16-19/h1-6,8-17H,7H2. The van der Waals surface area contributed by atoms with Crippen molar-refractivity contribution in [2.45, 2.75) is 12.3 Å². The Morgan fingerprint density at radius 2 is 1.50 bits per heavy atom. The van der Waals surface area contributed by atoms with Gasteiger partial charge >= 0.3 is 0 Å². The van der Waals surface area contributed by atoms with Crippen molar-refractivity contribution in [1.29, 1.82) is 0 Å². The van der Waals surface area contributed by atoms with Crippen LogP contribution in [-0.2, 0) is 0 Å². The molecule has 4 nitrogen and oxygen atoms in total. The predicted molar refractivity (Wildman–Crippen MR) is 129 cm³/mol. The normalized spacial score (nSPS) is 15.6. The number of furan rings is 1. The molecule has 5 aromatic rings. The van der Waals surface area contributed by atoms with Crippen molar-refractivity contribution in [3.63, 3.8) is 0 Å². The van der Waals surface area contributed by atoms with Gasteiger partial charge < -0.3 is 4.42 Å². The van der Waals surface area contributed by atoms with Gasteiger partial charge in [-0.15, -0.1) is 0 Å². The molecular formula is C27H18ClN3O. The van der Waals surface area contributed by atoms with E-state index in [0.717, 1.165) is 45.3 Å². The van der Waals surface area contributed by atoms with Crippen LogP contribution in [0.1, 0.15) is 18.2 Å². The van der Waals surface area contributed by atoms with E-state index in [9.17, 15) is 0 Å². The van der Waals surface area contributed by atoms with Crippen molar-refractivity contribution in [3.05, 3.63) is 102 Å². The molecule has 6 rings (SSSR count). The van der Waals surface area contributed by atoms with Gasteiger partial charge in [0.1, 0.15) is 17.0 Å². The Labute approximate surface area is 189 Å². The van der Waals surface area contributed by atoms with Crippen LogP contribution >= 0.6 is 11.6 Å². The van der Waals surface area contributed by atoms with Gasteiger partial charge in [-0.1, -0.05) is 60.2 Å². The maximum Gasteiger partial charge on any atom is 0.163 e. The van der Waals surface area contributed by atoms with Gasteiger partial charge in [0.15, 0.2) is 11.6 Å². The van der Waals surface area contributed by atoms with Gasteiger partial charge in [0.05, 0.1) is 0 Å². The third-order valence-corrected chi connectivity index (χ3v) is 5.96. The van der Waals surface area contributed by atoms with Crippen LogP contribution in [0, 0.1) is 0 Å². The van der Waals surface area contributed by atoms with E-state index in [1.165, 1.54) is 0 Å². The van der Waals surface area contributed by atoms with Gasteiger partial charge in [0, 0.05) is 32.8 Å². The summed E-state index contributed by atoms with van der Waals surface area (Å²) in [6.45, 7) is 0. The van der Waals surface area contributed by atoms with E-state index in [0.29, 0.717) is 16.7 Å². The minimum absolute atomic E-state index is 0.114. The second kappa shape index (κ2) is 7.74. The number of aromatic nitrogens is 3. The van der Waals surface area contributed by atoms with Crippen molar-refractivity contribution in [2.75, 3.05) is 0 Å². The van der Waals surface area contributed by atoms with Crippen molar-refractivity contribution < 1.29 is 4.42 Å². The van der Waals surface area contributed by atoms with Crippen molar-refractivity contribution in [2.24, 2.45) is 0 Å². The number of para-hydroxylation sites is 1. The van der Waals surface area contributed by atoms with Crippen LogP contribution in [-0.4, -0.2) is 15.0 Å². The summed E-state index contributed by atoms with van der Waals surface area (Å²) in [5.41, 5.74) is 3.49. The molecule has 154 valence electrons. The van der Waals surface area contributed by atoms with Gasteiger partial charge in [-0.3, -0.25) is 0 Å².